The fourth-order valence-electron chi connectivity index (χ4n) is 1.83. The molecule has 0 aliphatic rings. The largest absolute Gasteiger partial charge is 0.477 e. The summed E-state index contributed by atoms with van der Waals surface area (Å²) in [6.07, 6.45) is 1.72. The molecule has 0 unspecified atom stereocenters. The second kappa shape index (κ2) is 3.85. The Balaban J connectivity index is 2.46. The third-order valence-corrected chi connectivity index (χ3v) is 2.47. The molecule has 16 heavy (non-hydrogen) atoms. The zero-order valence-corrected chi connectivity index (χ0v) is 9.24. The SMILES string of the molecule is Cc1cc(C)cc(-c2c[nH]c(C(=O)O)c2)c1. The molecular formula is C13H13NO2. The molecule has 0 fully saturated rings. The van der Waals surface area contributed by atoms with Gasteiger partial charge in [0.1, 0.15) is 5.69 Å². The number of aromatic carboxylic acids is 1. The number of aromatic amines is 1. The van der Waals surface area contributed by atoms with Crippen molar-refractivity contribution in [3.63, 3.8) is 0 Å². The van der Waals surface area contributed by atoms with Crippen LogP contribution in [0.15, 0.2) is 30.5 Å². The van der Waals surface area contributed by atoms with Crippen molar-refractivity contribution in [2.24, 2.45) is 0 Å². The van der Waals surface area contributed by atoms with Crippen LogP contribution in [0, 0.1) is 13.8 Å². The lowest BCUT2D eigenvalue weighted by Gasteiger charge is -2.02. The number of carboxylic acid groups (broad SMARTS) is 1. The minimum absolute atomic E-state index is 0.217. The maximum atomic E-state index is 10.7. The van der Waals surface area contributed by atoms with E-state index >= 15 is 0 Å². The Morgan fingerprint density at radius 2 is 1.69 bits per heavy atom. The summed E-state index contributed by atoms with van der Waals surface area (Å²) >= 11 is 0. The van der Waals surface area contributed by atoms with Crippen LogP contribution in [0.1, 0.15) is 21.6 Å². The summed E-state index contributed by atoms with van der Waals surface area (Å²) < 4.78 is 0. The van der Waals surface area contributed by atoms with Gasteiger partial charge in [-0.2, -0.15) is 0 Å². The minimum atomic E-state index is -0.935. The molecule has 1 aromatic heterocycles. The molecule has 3 nitrogen and oxygen atoms in total. The summed E-state index contributed by atoms with van der Waals surface area (Å²) in [6, 6.07) is 7.83. The van der Waals surface area contributed by atoms with Gasteiger partial charge < -0.3 is 10.1 Å². The van der Waals surface area contributed by atoms with E-state index in [1.54, 1.807) is 12.3 Å². The number of carboxylic acids is 1. The highest BCUT2D eigenvalue weighted by Crippen LogP contribution is 2.22. The molecule has 0 spiro atoms. The molecule has 0 radical (unpaired) electrons. The van der Waals surface area contributed by atoms with Gasteiger partial charge in [-0.1, -0.05) is 29.3 Å². The Morgan fingerprint density at radius 1 is 1.06 bits per heavy atom. The summed E-state index contributed by atoms with van der Waals surface area (Å²) in [7, 11) is 0. The fraction of sp³-hybridized carbons (Fsp3) is 0.154. The van der Waals surface area contributed by atoms with E-state index in [1.807, 2.05) is 26.0 Å². The van der Waals surface area contributed by atoms with Crippen LogP contribution in [0.4, 0.5) is 0 Å². The highest BCUT2D eigenvalue weighted by molar-refractivity contribution is 5.87. The van der Waals surface area contributed by atoms with Crippen molar-refractivity contribution >= 4 is 5.97 Å². The summed E-state index contributed by atoms with van der Waals surface area (Å²) in [5.41, 5.74) is 4.51. The molecule has 1 heterocycles. The lowest BCUT2D eigenvalue weighted by atomic mass is 10.0. The van der Waals surface area contributed by atoms with Gasteiger partial charge in [-0.15, -0.1) is 0 Å². The van der Waals surface area contributed by atoms with Crippen molar-refractivity contribution < 1.29 is 9.90 Å². The predicted molar refractivity (Wildman–Crippen MR) is 62.7 cm³/mol. The second-order valence-corrected chi connectivity index (χ2v) is 3.98. The Kier molecular flexibility index (Phi) is 2.52. The van der Waals surface area contributed by atoms with Gasteiger partial charge in [0.25, 0.3) is 0 Å². The average molecular weight is 215 g/mol. The van der Waals surface area contributed by atoms with Crippen molar-refractivity contribution in [2.75, 3.05) is 0 Å². The highest BCUT2D eigenvalue weighted by Gasteiger charge is 2.07. The van der Waals surface area contributed by atoms with Crippen molar-refractivity contribution in [1.29, 1.82) is 0 Å². The molecule has 0 saturated heterocycles. The highest BCUT2D eigenvalue weighted by atomic mass is 16.4. The molecule has 2 N–H and O–H groups in total. The van der Waals surface area contributed by atoms with E-state index in [2.05, 4.69) is 11.1 Å². The van der Waals surface area contributed by atoms with E-state index in [-0.39, 0.29) is 5.69 Å². The van der Waals surface area contributed by atoms with E-state index in [0.29, 0.717) is 0 Å². The molecule has 1 aromatic carbocycles. The molecule has 0 atom stereocenters. The first-order valence-electron chi connectivity index (χ1n) is 5.06. The zero-order chi connectivity index (χ0) is 11.7. The fourth-order valence-corrected chi connectivity index (χ4v) is 1.83. The van der Waals surface area contributed by atoms with Crippen LogP contribution in [-0.2, 0) is 0 Å². The van der Waals surface area contributed by atoms with Crippen LogP contribution in [-0.4, -0.2) is 16.1 Å². The van der Waals surface area contributed by atoms with E-state index < -0.39 is 5.97 Å². The molecule has 0 aliphatic heterocycles. The summed E-state index contributed by atoms with van der Waals surface area (Å²) in [6.45, 7) is 4.06. The van der Waals surface area contributed by atoms with Crippen LogP contribution in [0.3, 0.4) is 0 Å². The van der Waals surface area contributed by atoms with Crippen LogP contribution >= 0.6 is 0 Å². The van der Waals surface area contributed by atoms with E-state index in [4.69, 9.17) is 5.11 Å². The molecular weight excluding hydrogens is 202 g/mol. The molecule has 2 aromatic rings. The summed E-state index contributed by atoms with van der Waals surface area (Å²) in [5.74, 6) is -0.935. The quantitative estimate of drug-likeness (QED) is 0.809. The lowest BCUT2D eigenvalue weighted by molar-refractivity contribution is 0.0691. The number of H-pyrrole nitrogens is 1. The van der Waals surface area contributed by atoms with Gasteiger partial charge in [0, 0.05) is 11.8 Å². The van der Waals surface area contributed by atoms with E-state index in [1.165, 1.54) is 11.1 Å². The smallest absolute Gasteiger partial charge is 0.352 e. The minimum Gasteiger partial charge on any atom is -0.477 e. The van der Waals surface area contributed by atoms with E-state index in [9.17, 15) is 4.79 Å². The first kappa shape index (κ1) is 10.5. The van der Waals surface area contributed by atoms with Crippen molar-refractivity contribution in [1.82, 2.24) is 4.98 Å². The maximum absolute atomic E-state index is 10.7. The molecule has 2 rings (SSSR count). The number of carbonyl (C=O) groups is 1. The van der Waals surface area contributed by atoms with Crippen molar-refractivity contribution in [3.05, 3.63) is 47.3 Å². The molecule has 3 heteroatoms. The predicted octanol–water partition coefficient (Wildman–Crippen LogP) is 3.00. The molecule has 82 valence electrons. The molecule has 0 aliphatic carbocycles. The molecule has 0 amide bonds. The van der Waals surface area contributed by atoms with Crippen LogP contribution in [0.2, 0.25) is 0 Å². The second-order valence-electron chi connectivity index (χ2n) is 3.98. The Bertz CT molecular complexity index is 520. The van der Waals surface area contributed by atoms with Gasteiger partial charge in [0.15, 0.2) is 0 Å². The molecule has 0 saturated carbocycles. The van der Waals surface area contributed by atoms with Crippen LogP contribution in [0.5, 0.6) is 0 Å². The van der Waals surface area contributed by atoms with Gasteiger partial charge in [-0.3, -0.25) is 0 Å². The van der Waals surface area contributed by atoms with Crippen molar-refractivity contribution in [3.8, 4) is 11.1 Å². The van der Waals surface area contributed by atoms with Crippen LogP contribution in [0.25, 0.3) is 11.1 Å². The third kappa shape index (κ3) is 1.98. The van der Waals surface area contributed by atoms with Gasteiger partial charge in [-0.25, -0.2) is 4.79 Å². The number of hydrogen-bond acceptors (Lipinski definition) is 1. The number of aryl methyl sites for hydroxylation is 2. The monoisotopic (exact) mass is 215 g/mol. The lowest BCUT2D eigenvalue weighted by Crippen LogP contribution is -1.94. The standard InChI is InChI=1S/C13H13NO2/c1-8-3-9(2)5-10(4-8)11-6-12(13(15)16)14-7-11/h3-7,14H,1-2H3,(H,15,16). The first-order valence-corrected chi connectivity index (χ1v) is 5.06. The van der Waals surface area contributed by atoms with Crippen LogP contribution < -0.4 is 0 Å². The number of hydrogen-bond donors (Lipinski definition) is 2. The van der Waals surface area contributed by atoms with Gasteiger partial charge in [-0.05, 0) is 25.5 Å². The Morgan fingerprint density at radius 3 is 2.19 bits per heavy atom. The maximum Gasteiger partial charge on any atom is 0.352 e. The van der Waals surface area contributed by atoms with E-state index in [0.717, 1.165) is 11.1 Å². The van der Waals surface area contributed by atoms with Gasteiger partial charge in [0.2, 0.25) is 0 Å². The number of aromatic nitrogens is 1. The topological polar surface area (TPSA) is 53.1 Å². The third-order valence-electron chi connectivity index (χ3n) is 2.47. The number of rotatable bonds is 2. The summed E-state index contributed by atoms with van der Waals surface area (Å²) in [4.78, 5) is 13.5. The normalized spacial score (nSPS) is 10.4. The first-order chi connectivity index (χ1) is 7.56. The Labute approximate surface area is 93.7 Å². The average Bonchev–Trinajstić information content (AvgIpc) is 2.64. The summed E-state index contributed by atoms with van der Waals surface area (Å²) in [5, 5.41) is 8.82. The van der Waals surface area contributed by atoms with Gasteiger partial charge >= 0.3 is 5.97 Å². The number of benzene rings is 1. The van der Waals surface area contributed by atoms with Gasteiger partial charge in [0.05, 0.1) is 0 Å². The number of nitrogens with one attached hydrogen (secondary N) is 1. The zero-order valence-electron chi connectivity index (χ0n) is 9.24. The van der Waals surface area contributed by atoms with Crippen molar-refractivity contribution in [2.45, 2.75) is 13.8 Å². The molecule has 0 bridgehead atoms. The Hall–Kier alpha value is -2.03.